The lowest BCUT2D eigenvalue weighted by Gasteiger charge is -2.35. The fourth-order valence-corrected chi connectivity index (χ4v) is 6.09. The predicted octanol–water partition coefficient (Wildman–Crippen LogP) is 4.87. The smallest absolute Gasteiger partial charge is 0.322 e. The maximum Gasteiger partial charge on any atom is 0.322 e. The van der Waals surface area contributed by atoms with Gasteiger partial charge in [0.2, 0.25) is 0 Å². The SMILES string of the molecule is CCC(N)C(=O)OCCSNc1ccc(NC(=O)c2ccc(N)c(N3CCC(F)(F)CC3)n2)c(N2CCC3(CC2)CC3)c1. The van der Waals surface area contributed by atoms with Crippen molar-refractivity contribution >= 4 is 52.4 Å². The van der Waals surface area contributed by atoms with Gasteiger partial charge in [0.25, 0.3) is 11.8 Å². The number of benzene rings is 1. The normalized spacial score (nSPS) is 19.5. The zero-order valence-corrected chi connectivity index (χ0v) is 25.4. The molecule has 1 spiro atoms. The van der Waals surface area contributed by atoms with Gasteiger partial charge in [-0.2, -0.15) is 0 Å². The molecule has 3 aliphatic rings. The molecule has 6 N–H and O–H groups in total. The van der Waals surface area contributed by atoms with Crippen LogP contribution in [0.15, 0.2) is 30.3 Å². The molecule has 3 fully saturated rings. The number of carbonyl (C=O) groups excluding carboxylic acids is 2. The number of esters is 1. The summed E-state index contributed by atoms with van der Waals surface area (Å²) in [6.45, 7) is 4.13. The van der Waals surface area contributed by atoms with E-state index in [-0.39, 0.29) is 38.2 Å². The third-order valence-corrected chi connectivity index (χ3v) is 9.41. The van der Waals surface area contributed by atoms with Crippen molar-refractivity contribution in [1.29, 1.82) is 0 Å². The Labute approximate surface area is 255 Å². The minimum absolute atomic E-state index is 0.122. The summed E-state index contributed by atoms with van der Waals surface area (Å²) in [4.78, 5) is 33.7. The molecule has 1 saturated carbocycles. The maximum absolute atomic E-state index is 13.7. The molecule has 5 rings (SSSR count). The standard InChI is InChI=1S/C30H41F2N7O3S/c1-2-21(33)28(41)42-17-18-43-37-20-3-5-23(25(19-20)38-13-9-29(7-8-29)10-14-38)36-27(40)24-6-4-22(34)26(35-24)39-15-11-30(31,32)12-16-39/h3-6,19,21,37H,2,7-18,33-34H2,1H3,(H,36,40). The summed E-state index contributed by atoms with van der Waals surface area (Å²) < 4.78 is 35.9. The Morgan fingerprint density at radius 3 is 2.42 bits per heavy atom. The first-order chi connectivity index (χ1) is 20.6. The zero-order chi connectivity index (χ0) is 30.6. The van der Waals surface area contributed by atoms with Crippen LogP contribution in [0.4, 0.5) is 37.3 Å². The Morgan fingerprint density at radius 1 is 1.05 bits per heavy atom. The number of pyridine rings is 1. The van der Waals surface area contributed by atoms with Crippen molar-refractivity contribution in [1.82, 2.24) is 4.98 Å². The number of hydrogen-bond acceptors (Lipinski definition) is 10. The van der Waals surface area contributed by atoms with E-state index in [2.05, 4.69) is 19.9 Å². The van der Waals surface area contributed by atoms with E-state index < -0.39 is 23.8 Å². The van der Waals surface area contributed by atoms with Crippen molar-refractivity contribution in [2.75, 3.05) is 64.1 Å². The first kappa shape index (κ1) is 31.1. The summed E-state index contributed by atoms with van der Waals surface area (Å²) >= 11 is 1.42. The summed E-state index contributed by atoms with van der Waals surface area (Å²) in [6, 6.07) is 8.31. The summed E-state index contributed by atoms with van der Waals surface area (Å²) in [7, 11) is 0. The molecule has 1 unspecified atom stereocenters. The van der Waals surface area contributed by atoms with Crippen molar-refractivity contribution in [3.8, 4) is 0 Å². The Balaban J connectivity index is 1.27. The highest BCUT2D eigenvalue weighted by molar-refractivity contribution is 8.00. The Kier molecular flexibility index (Phi) is 9.50. The van der Waals surface area contributed by atoms with E-state index in [0.717, 1.165) is 37.3 Å². The second-order valence-electron chi connectivity index (χ2n) is 11.8. The largest absolute Gasteiger partial charge is 0.464 e. The van der Waals surface area contributed by atoms with Gasteiger partial charge in [-0.05, 0) is 79.8 Å². The van der Waals surface area contributed by atoms with Crippen LogP contribution in [0.5, 0.6) is 0 Å². The molecule has 2 aromatic rings. The Morgan fingerprint density at radius 2 is 1.74 bits per heavy atom. The van der Waals surface area contributed by atoms with Gasteiger partial charge >= 0.3 is 5.97 Å². The van der Waals surface area contributed by atoms with E-state index in [1.807, 2.05) is 25.1 Å². The van der Waals surface area contributed by atoms with Crippen LogP contribution in [-0.4, -0.2) is 67.4 Å². The number of nitrogens with one attached hydrogen (secondary N) is 2. The van der Waals surface area contributed by atoms with Crippen LogP contribution in [0.3, 0.4) is 0 Å². The molecule has 1 aromatic carbocycles. The molecular formula is C30H41F2N7O3S. The minimum atomic E-state index is -2.70. The van der Waals surface area contributed by atoms with Gasteiger partial charge in [-0.15, -0.1) is 0 Å². The van der Waals surface area contributed by atoms with Gasteiger partial charge in [0.1, 0.15) is 18.3 Å². The molecule has 2 aliphatic heterocycles. The van der Waals surface area contributed by atoms with Crippen LogP contribution in [0.2, 0.25) is 0 Å². The predicted molar refractivity (Wildman–Crippen MR) is 168 cm³/mol. The van der Waals surface area contributed by atoms with E-state index >= 15 is 0 Å². The number of anilines is 5. The van der Waals surface area contributed by atoms with Crippen LogP contribution in [0.1, 0.15) is 62.4 Å². The Bertz CT molecular complexity index is 1310. The van der Waals surface area contributed by atoms with E-state index in [1.165, 1.54) is 24.8 Å². The quantitative estimate of drug-likeness (QED) is 0.157. The molecule has 43 heavy (non-hydrogen) atoms. The van der Waals surface area contributed by atoms with Crippen molar-refractivity contribution in [2.24, 2.45) is 11.1 Å². The van der Waals surface area contributed by atoms with Crippen LogP contribution >= 0.6 is 11.9 Å². The molecular weight excluding hydrogens is 576 g/mol. The molecule has 0 radical (unpaired) electrons. The lowest BCUT2D eigenvalue weighted by Crippen LogP contribution is -2.40. The summed E-state index contributed by atoms with van der Waals surface area (Å²) in [5, 5.41) is 3.03. The van der Waals surface area contributed by atoms with Gasteiger partial charge in [-0.25, -0.2) is 13.8 Å². The van der Waals surface area contributed by atoms with Crippen molar-refractivity contribution < 1.29 is 23.1 Å². The summed E-state index contributed by atoms with van der Waals surface area (Å²) in [5.41, 5.74) is 15.3. The third-order valence-electron chi connectivity index (χ3n) is 8.66. The lowest BCUT2D eigenvalue weighted by atomic mass is 9.93. The molecule has 234 valence electrons. The number of nitrogen functional groups attached to an aromatic ring is 1. The highest BCUT2D eigenvalue weighted by atomic mass is 32.2. The number of hydrogen-bond donors (Lipinski definition) is 4. The molecule has 10 nitrogen and oxygen atoms in total. The molecule has 13 heteroatoms. The number of piperidine rings is 2. The number of nitrogens with two attached hydrogens (primary N) is 2. The number of carbonyl (C=O) groups is 2. The van der Waals surface area contributed by atoms with Gasteiger partial charge < -0.3 is 36.0 Å². The molecule has 2 saturated heterocycles. The molecule has 1 aliphatic carbocycles. The van der Waals surface area contributed by atoms with Gasteiger partial charge in [0.15, 0.2) is 5.82 Å². The van der Waals surface area contributed by atoms with E-state index in [4.69, 9.17) is 16.2 Å². The second kappa shape index (κ2) is 13.1. The molecule has 1 atom stereocenters. The third kappa shape index (κ3) is 7.80. The maximum atomic E-state index is 13.7. The fraction of sp³-hybridized carbons (Fsp3) is 0.567. The fourth-order valence-electron chi connectivity index (χ4n) is 5.52. The summed E-state index contributed by atoms with van der Waals surface area (Å²) in [6.07, 6.45) is 4.80. The van der Waals surface area contributed by atoms with Gasteiger partial charge in [0.05, 0.1) is 17.1 Å². The number of ether oxygens (including phenoxy) is 1. The molecule has 3 heterocycles. The molecule has 1 aromatic heterocycles. The van der Waals surface area contributed by atoms with Crippen molar-refractivity contribution in [3.63, 3.8) is 0 Å². The molecule has 1 amide bonds. The second-order valence-corrected chi connectivity index (χ2v) is 12.7. The van der Waals surface area contributed by atoms with Gasteiger partial charge in [-0.3, -0.25) is 9.59 Å². The summed E-state index contributed by atoms with van der Waals surface area (Å²) in [5.74, 6) is -2.60. The highest BCUT2D eigenvalue weighted by Gasteiger charge is 2.44. The van der Waals surface area contributed by atoms with Crippen LogP contribution in [0, 0.1) is 5.41 Å². The van der Waals surface area contributed by atoms with Crippen LogP contribution < -0.4 is 31.3 Å². The van der Waals surface area contributed by atoms with Crippen LogP contribution in [0.25, 0.3) is 0 Å². The van der Waals surface area contributed by atoms with E-state index in [0.29, 0.717) is 34.8 Å². The number of alkyl halides is 2. The van der Waals surface area contributed by atoms with Crippen LogP contribution in [-0.2, 0) is 9.53 Å². The first-order valence-corrected chi connectivity index (χ1v) is 16.0. The van der Waals surface area contributed by atoms with E-state index in [1.54, 1.807) is 17.0 Å². The molecule has 0 bridgehead atoms. The van der Waals surface area contributed by atoms with Gasteiger partial charge in [-0.1, -0.05) is 6.92 Å². The number of nitrogens with zero attached hydrogens (tertiary/aromatic N) is 3. The van der Waals surface area contributed by atoms with Crippen molar-refractivity contribution in [3.05, 3.63) is 36.0 Å². The monoisotopic (exact) mass is 617 g/mol. The van der Waals surface area contributed by atoms with E-state index in [9.17, 15) is 18.4 Å². The zero-order valence-electron chi connectivity index (χ0n) is 24.5. The van der Waals surface area contributed by atoms with Gasteiger partial charge in [0, 0.05) is 50.5 Å². The number of halogens is 2. The number of rotatable bonds is 11. The average Bonchev–Trinajstić information content (AvgIpc) is 3.76. The topological polar surface area (TPSA) is 139 Å². The number of amides is 1. The number of aromatic nitrogens is 1. The highest BCUT2D eigenvalue weighted by Crippen LogP contribution is 2.54. The average molecular weight is 618 g/mol. The Hall–Kier alpha value is -3.32. The lowest BCUT2D eigenvalue weighted by molar-refractivity contribution is -0.144. The minimum Gasteiger partial charge on any atom is -0.464 e. The van der Waals surface area contributed by atoms with Crippen molar-refractivity contribution in [2.45, 2.75) is 63.8 Å². The first-order valence-electron chi connectivity index (χ1n) is 15.0.